The van der Waals surface area contributed by atoms with Gasteiger partial charge in [-0.05, 0) is 12.8 Å². The van der Waals surface area contributed by atoms with Crippen molar-refractivity contribution in [2.75, 3.05) is 5.73 Å². The number of ether oxygens (including phenoxy) is 1. The third-order valence-electron chi connectivity index (χ3n) is 3.34. The van der Waals surface area contributed by atoms with Gasteiger partial charge in [0.2, 0.25) is 5.95 Å². The molecule has 0 spiro atoms. The third kappa shape index (κ3) is 3.03. The molecule has 0 saturated carbocycles. The van der Waals surface area contributed by atoms with Gasteiger partial charge in [-0.2, -0.15) is 4.98 Å². The number of nitrogens with two attached hydrogens (primary N) is 1. The highest BCUT2D eigenvalue weighted by atomic mass is 31.2. The van der Waals surface area contributed by atoms with E-state index in [0.717, 1.165) is 0 Å². The molecule has 1 aliphatic rings. The lowest BCUT2D eigenvalue weighted by Gasteiger charge is -2.23. The molecule has 8 N–H and O–H groups in total. The third-order valence-corrected chi connectivity index (χ3v) is 4.45. The number of quaternary nitrogens is 1. The van der Waals surface area contributed by atoms with E-state index in [1.807, 2.05) is 0 Å². The number of H-pyrrole nitrogens is 1. The van der Waals surface area contributed by atoms with Gasteiger partial charge in [0.1, 0.15) is 5.85 Å². The first-order chi connectivity index (χ1) is 9.84. The summed E-state index contributed by atoms with van der Waals surface area (Å²) >= 11 is 0. The van der Waals surface area contributed by atoms with Gasteiger partial charge in [-0.15, -0.1) is 0 Å². The van der Waals surface area contributed by atoms with Crippen molar-refractivity contribution in [3.05, 3.63) is 16.7 Å². The number of nitrogens with zero attached hydrogens (tertiary/aromatic N) is 3. The minimum atomic E-state index is -4.49. The molecule has 22 heavy (non-hydrogen) atoms. The van der Waals surface area contributed by atoms with Crippen LogP contribution in [-0.4, -0.2) is 36.4 Å². The molecular weight excluding hydrogens is 315 g/mol. The SMILES string of the molecule is Nc1nc2c(ncn2C[C@H]2CC[C@@H](P(=O)([O-])O)O2)c(=O)[nH]1.[NH4+]. The quantitative estimate of drug-likeness (QED) is 0.520. The summed E-state index contributed by atoms with van der Waals surface area (Å²) in [5.41, 5.74) is 5.50. The van der Waals surface area contributed by atoms with Crippen LogP contribution in [0, 0.1) is 0 Å². The molecule has 1 fully saturated rings. The zero-order valence-corrected chi connectivity index (χ0v) is 12.7. The van der Waals surface area contributed by atoms with E-state index in [0.29, 0.717) is 12.1 Å². The molecule has 11 nitrogen and oxygen atoms in total. The molecule has 122 valence electrons. The number of nitrogen functional groups attached to an aromatic ring is 1. The zero-order chi connectivity index (χ0) is 15.2. The van der Waals surface area contributed by atoms with Crippen molar-refractivity contribution in [2.24, 2.45) is 0 Å². The van der Waals surface area contributed by atoms with Crippen molar-refractivity contribution in [2.45, 2.75) is 31.3 Å². The van der Waals surface area contributed by atoms with Gasteiger partial charge in [-0.1, -0.05) is 0 Å². The fourth-order valence-corrected chi connectivity index (χ4v) is 3.19. The Morgan fingerprint density at radius 3 is 2.95 bits per heavy atom. The van der Waals surface area contributed by atoms with E-state index in [4.69, 9.17) is 15.4 Å². The van der Waals surface area contributed by atoms with Crippen LogP contribution < -0.4 is 22.3 Å². The van der Waals surface area contributed by atoms with Gasteiger partial charge in [0.25, 0.3) is 5.56 Å². The molecule has 0 aliphatic carbocycles. The molecule has 1 saturated heterocycles. The fraction of sp³-hybridized carbons (Fsp3) is 0.500. The van der Waals surface area contributed by atoms with E-state index in [1.54, 1.807) is 4.57 Å². The van der Waals surface area contributed by atoms with Crippen molar-refractivity contribution < 1.29 is 19.1 Å². The van der Waals surface area contributed by atoms with Crippen molar-refractivity contribution in [1.29, 1.82) is 0 Å². The van der Waals surface area contributed by atoms with Crippen LogP contribution in [0.5, 0.6) is 0 Å². The van der Waals surface area contributed by atoms with Crippen LogP contribution in [0.15, 0.2) is 11.1 Å². The van der Waals surface area contributed by atoms with E-state index < -0.39 is 25.1 Å². The van der Waals surface area contributed by atoms with Gasteiger partial charge in [0, 0.05) is 0 Å². The molecule has 3 heterocycles. The predicted octanol–water partition coefficient (Wildman–Crippen LogP) is -0.871. The van der Waals surface area contributed by atoms with E-state index in [1.165, 1.54) is 6.33 Å². The summed E-state index contributed by atoms with van der Waals surface area (Å²) < 4.78 is 17.9. The Morgan fingerprint density at radius 2 is 2.32 bits per heavy atom. The molecule has 3 atom stereocenters. The molecule has 0 radical (unpaired) electrons. The lowest BCUT2D eigenvalue weighted by Crippen LogP contribution is -2.21. The van der Waals surface area contributed by atoms with Crippen LogP contribution in [0.2, 0.25) is 0 Å². The molecule has 0 amide bonds. The van der Waals surface area contributed by atoms with Crippen molar-refractivity contribution in [1.82, 2.24) is 25.7 Å². The van der Waals surface area contributed by atoms with Crippen LogP contribution in [0.1, 0.15) is 12.8 Å². The summed E-state index contributed by atoms with van der Waals surface area (Å²) in [5.74, 6) is -1.21. The predicted molar refractivity (Wildman–Crippen MR) is 76.3 cm³/mol. The standard InChI is InChI=1S/C10H14N5O5P.H3N/c11-10-13-8-7(9(16)14-10)12-4-15(8)3-5-1-2-6(20-5)21(17,18)19;/h4-6H,1-3H2,(H2,17,18,19)(H3,11,13,14,16);1H3/t5-,6-;/m1./s1. The van der Waals surface area contributed by atoms with E-state index in [-0.39, 0.29) is 30.6 Å². The van der Waals surface area contributed by atoms with Crippen LogP contribution in [0.3, 0.4) is 0 Å². The van der Waals surface area contributed by atoms with Crippen LogP contribution in [0.25, 0.3) is 11.2 Å². The highest BCUT2D eigenvalue weighted by Crippen LogP contribution is 2.44. The first-order valence-electron chi connectivity index (χ1n) is 6.24. The average Bonchev–Trinajstić information content (AvgIpc) is 2.97. The maximum absolute atomic E-state index is 11.6. The first-order valence-corrected chi connectivity index (χ1v) is 7.89. The molecule has 1 aliphatic heterocycles. The molecule has 0 bridgehead atoms. The van der Waals surface area contributed by atoms with Gasteiger partial charge in [0.05, 0.1) is 19.0 Å². The number of anilines is 1. The monoisotopic (exact) mass is 332 g/mol. The number of nitrogens with one attached hydrogen (secondary N) is 1. The molecule has 12 heteroatoms. The Kier molecular flexibility index (Phi) is 4.36. The van der Waals surface area contributed by atoms with E-state index in [2.05, 4.69) is 15.0 Å². The maximum atomic E-state index is 11.6. The molecular formula is C10H17N6O5P. The molecule has 2 aromatic rings. The smallest absolute Gasteiger partial charge is 0.280 e. The summed E-state index contributed by atoms with van der Waals surface area (Å²) in [4.78, 5) is 42.0. The lowest BCUT2D eigenvalue weighted by molar-refractivity contribution is -0.204. The largest absolute Gasteiger partial charge is 0.777 e. The second-order valence-corrected chi connectivity index (χ2v) is 6.58. The summed E-state index contributed by atoms with van der Waals surface area (Å²) in [6, 6.07) is 0. The summed E-state index contributed by atoms with van der Waals surface area (Å²) in [6.45, 7) is 0.267. The number of hydrogen-bond donors (Lipinski definition) is 4. The van der Waals surface area contributed by atoms with E-state index in [9.17, 15) is 14.3 Å². The number of aromatic nitrogens is 4. The van der Waals surface area contributed by atoms with E-state index >= 15 is 0 Å². The normalized spacial score (nSPS) is 24.1. The van der Waals surface area contributed by atoms with Gasteiger partial charge in [-0.25, -0.2) is 4.98 Å². The topological polar surface area (TPSA) is 196 Å². The second-order valence-electron chi connectivity index (χ2n) is 4.87. The van der Waals surface area contributed by atoms with Crippen molar-refractivity contribution in [3.8, 4) is 0 Å². The van der Waals surface area contributed by atoms with Gasteiger partial charge < -0.3 is 35.5 Å². The Bertz CT molecular complexity index is 782. The van der Waals surface area contributed by atoms with Gasteiger partial charge >= 0.3 is 0 Å². The highest BCUT2D eigenvalue weighted by Gasteiger charge is 2.32. The molecule has 2 aromatic heterocycles. The lowest BCUT2D eigenvalue weighted by atomic mass is 10.2. The molecule has 0 aromatic carbocycles. The summed E-state index contributed by atoms with van der Waals surface area (Å²) in [7, 11) is -4.49. The minimum absolute atomic E-state index is 0. The fourth-order valence-electron chi connectivity index (χ4n) is 2.38. The highest BCUT2D eigenvalue weighted by molar-refractivity contribution is 7.50. The van der Waals surface area contributed by atoms with Crippen molar-refractivity contribution in [3.63, 3.8) is 0 Å². The summed E-state index contributed by atoms with van der Waals surface area (Å²) in [6.07, 6.45) is 1.70. The Morgan fingerprint density at radius 1 is 1.59 bits per heavy atom. The number of hydrogen-bond acceptors (Lipinski definition) is 7. The number of fused-ring (bicyclic) bond motifs is 1. The number of aromatic amines is 1. The van der Waals surface area contributed by atoms with Gasteiger partial charge in [0.15, 0.2) is 18.8 Å². The van der Waals surface area contributed by atoms with Crippen LogP contribution >= 0.6 is 7.60 Å². The Balaban J connectivity index is 0.00000176. The van der Waals surface area contributed by atoms with Crippen molar-refractivity contribution >= 4 is 24.7 Å². The average molecular weight is 332 g/mol. The molecule has 3 rings (SSSR count). The minimum Gasteiger partial charge on any atom is -0.777 e. The van der Waals surface area contributed by atoms with Crippen LogP contribution in [0.4, 0.5) is 5.95 Å². The number of rotatable bonds is 3. The zero-order valence-electron chi connectivity index (χ0n) is 11.8. The maximum Gasteiger partial charge on any atom is 0.280 e. The second kappa shape index (κ2) is 5.78. The van der Waals surface area contributed by atoms with Gasteiger partial charge in [-0.3, -0.25) is 9.78 Å². The first kappa shape index (κ1) is 16.6. The summed E-state index contributed by atoms with van der Waals surface area (Å²) in [5, 5.41) is 0. The molecule has 1 unspecified atom stereocenters. The Hall–Kier alpha value is -1.78. The Labute approximate surface area is 124 Å². The number of imidazole rings is 1. The van der Waals surface area contributed by atoms with Crippen LogP contribution in [-0.2, 0) is 15.8 Å².